The van der Waals surface area contributed by atoms with Gasteiger partial charge in [0.2, 0.25) is 0 Å². The van der Waals surface area contributed by atoms with Crippen LogP contribution in [-0.2, 0) is 4.74 Å². The van der Waals surface area contributed by atoms with Crippen LogP contribution in [0.5, 0.6) is 0 Å². The second kappa shape index (κ2) is 6.24. The maximum Gasteiger partial charge on any atom is 0.410 e. The van der Waals surface area contributed by atoms with E-state index in [4.69, 9.17) is 4.74 Å². The minimum absolute atomic E-state index is 0.177. The number of carbonyl (C=O) groups excluding carboxylic acids is 1. The topological polar surface area (TPSA) is 49.8 Å². The van der Waals surface area contributed by atoms with Gasteiger partial charge >= 0.3 is 6.09 Å². The van der Waals surface area contributed by atoms with Gasteiger partial charge in [-0.3, -0.25) is 0 Å². The fraction of sp³-hybridized carbons (Fsp3) is 0.588. The summed E-state index contributed by atoms with van der Waals surface area (Å²) in [5.41, 5.74) is 0.657. The number of amides is 1. The molecule has 0 spiro atoms. The lowest BCUT2D eigenvalue weighted by atomic mass is 9.94. The molecule has 1 aliphatic heterocycles. The molecule has 0 saturated carbocycles. The third kappa shape index (κ3) is 3.97. The number of likely N-dealkylation sites (tertiary alicyclic amines) is 1. The molecule has 1 saturated heterocycles. The van der Waals surface area contributed by atoms with Crippen LogP contribution < -0.4 is 0 Å². The van der Waals surface area contributed by atoms with Crippen LogP contribution in [0.4, 0.5) is 9.18 Å². The molecule has 1 amide bonds. The zero-order valence-electron chi connectivity index (χ0n) is 13.6. The first-order chi connectivity index (χ1) is 10.2. The molecular weight excluding hydrogens is 285 g/mol. The predicted molar refractivity (Wildman–Crippen MR) is 82.0 cm³/mol. The Morgan fingerprint density at radius 1 is 1.45 bits per heavy atom. The first-order valence-electron chi connectivity index (χ1n) is 7.59. The highest BCUT2D eigenvalue weighted by Gasteiger charge is 2.34. The molecule has 1 fully saturated rings. The van der Waals surface area contributed by atoms with Crippen molar-refractivity contribution < 1.29 is 19.0 Å². The van der Waals surface area contributed by atoms with Crippen molar-refractivity contribution in [1.29, 1.82) is 0 Å². The molecule has 1 N–H and O–H groups in total. The van der Waals surface area contributed by atoms with Crippen LogP contribution in [0.15, 0.2) is 18.2 Å². The van der Waals surface area contributed by atoms with Crippen LogP contribution >= 0.6 is 0 Å². The van der Waals surface area contributed by atoms with Crippen LogP contribution in [0.2, 0.25) is 0 Å². The van der Waals surface area contributed by atoms with Gasteiger partial charge in [-0.2, -0.15) is 0 Å². The summed E-state index contributed by atoms with van der Waals surface area (Å²) in [5, 5.41) is 10.4. The molecule has 1 aromatic rings. The summed E-state index contributed by atoms with van der Waals surface area (Å²) >= 11 is 0. The largest absolute Gasteiger partial charge is 0.444 e. The van der Waals surface area contributed by atoms with Crippen molar-refractivity contribution in [2.45, 2.75) is 45.8 Å². The first-order valence-corrected chi connectivity index (χ1v) is 7.59. The Labute approximate surface area is 130 Å². The fourth-order valence-corrected chi connectivity index (χ4v) is 2.68. The Hall–Kier alpha value is -1.62. The average molecular weight is 309 g/mol. The number of hydrogen-bond donors (Lipinski definition) is 1. The van der Waals surface area contributed by atoms with Crippen LogP contribution in [0.3, 0.4) is 0 Å². The van der Waals surface area contributed by atoms with Crippen molar-refractivity contribution in [1.82, 2.24) is 4.90 Å². The average Bonchev–Trinajstić information content (AvgIpc) is 2.88. The monoisotopic (exact) mass is 309 g/mol. The molecule has 0 aliphatic carbocycles. The third-order valence-electron chi connectivity index (χ3n) is 3.79. The van der Waals surface area contributed by atoms with Gasteiger partial charge in [0, 0.05) is 24.6 Å². The van der Waals surface area contributed by atoms with E-state index in [0.29, 0.717) is 25.1 Å². The van der Waals surface area contributed by atoms with Crippen LogP contribution in [0, 0.1) is 18.7 Å². The summed E-state index contributed by atoms with van der Waals surface area (Å²) in [6, 6.07) is 4.71. The first kappa shape index (κ1) is 16.7. The number of ether oxygens (including phenoxy) is 1. The number of aliphatic hydroxyl groups excluding tert-OH is 1. The predicted octanol–water partition coefficient (Wildman–Crippen LogP) is 3.42. The zero-order valence-corrected chi connectivity index (χ0v) is 13.6. The Balaban J connectivity index is 2.03. The summed E-state index contributed by atoms with van der Waals surface area (Å²) in [6.07, 6.45) is -0.660. The van der Waals surface area contributed by atoms with Crippen LogP contribution in [-0.4, -0.2) is 34.8 Å². The highest BCUT2D eigenvalue weighted by atomic mass is 19.1. The van der Waals surface area contributed by atoms with E-state index >= 15 is 0 Å². The van der Waals surface area contributed by atoms with Gasteiger partial charge in [0.15, 0.2) is 0 Å². The fourth-order valence-electron chi connectivity index (χ4n) is 2.68. The molecule has 22 heavy (non-hydrogen) atoms. The van der Waals surface area contributed by atoms with Gasteiger partial charge in [-0.05, 0) is 40.2 Å². The van der Waals surface area contributed by atoms with Crippen LogP contribution in [0.25, 0.3) is 0 Å². The minimum atomic E-state index is -0.910. The Bertz CT molecular complexity index is 553. The molecular formula is C17H24FNO3. The Kier molecular flexibility index (Phi) is 4.75. The van der Waals surface area contributed by atoms with Gasteiger partial charge in [-0.1, -0.05) is 17.7 Å². The molecule has 0 bridgehead atoms. The standard InChI is InChI=1S/C17H24FNO3/c1-11-5-6-14(18)13(9-11)15(20)12-7-8-19(10-12)16(21)22-17(2,3)4/h5-6,9,12,15,20H,7-8,10H2,1-4H3. The minimum Gasteiger partial charge on any atom is -0.444 e. The molecule has 1 aliphatic rings. The Morgan fingerprint density at radius 2 is 2.14 bits per heavy atom. The van der Waals surface area contributed by atoms with E-state index in [1.54, 1.807) is 17.0 Å². The van der Waals surface area contributed by atoms with E-state index in [1.807, 2.05) is 27.7 Å². The molecule has 2 rings (SSSR count). The van der Waals surface area contributed by atoms with Gasteiger partial charge in [-0.25, -0.2) is 9.18 Å². The van der Waals surface area contributed by atoms with Gasteiger partial charge in [0.25, 0.3) is 0 Å². The van der Waals surface area contributed by atoms with E-state index in [0.717, 1.165) is 5.56 Å². The summed E-state index contributed by atoms with van der Waals surface area (Å²) in [4.78, 5) is 13.6. The highest BCUT2D eigenvalue weighted by molar-refractivity contribution is 5.68. The van der Waals surface area contributed by atoms with Crippen molar-refractivity contribution >= 4 is 6.09 Å². The number of rotatable bonds is 2. The second-order valence-corrected chi connectivity index (χ2v) is 6.94. The number of carbonyl (C=O) groups is 1. The quantitative estimate of drug-likeness (QED) is 0.910. The second-order valence-electron chi connectivity index (χ2n) is 6.94. The summed E-state index contributed by atoms with van der Waals surface area (Å²) in [6.45, 7) is 8.20. The lowest BCUT2D eigenvalue weighted by Crippen LogP contribution is -2.35. The molecule has 0 aromatic heterocycles. The molecule has 2 atom stereocenters. The third-order valence-corrected chi connectivity index (χ3v) is 3.79. The van der Waals surface area contributed by atoms with Gasteiger partial charge < -0.3 is 14.7 Å². The van der Waals surface area contributed by atoms with E-state index in [2.05, 4.69) is 0 Å². The number of aryl methyl sites for hydroxylation is 1. The van der Waals surface area contributed by atoms with E-state index < -0.39 is 17.5 Å². The number of benzene rings is 1. The van der Waals surface area contributed by atoms with Crippen molar-refractivity contribution in [3.05, 3.63) is 35.1 Å². The molecule has 2 unspecified atom stereocenters. The van der Waals surface area contributed by atoms with Crippen molar-refractivity contribution in [3.63, 3.8) is 0 Å². The summed E-state index contributed by atoms with van der Waals surface area (Å²) in [7, 11) is 0. The molecule has 5 heteroatoms. The maximum absolute atomic E-state index is 13.9. The van der Waals surface area contributed by atoms with E-state index in [-0.39, 0.29) is 12.0 Å². The smallest absolute Gasteiger partial charge is 0.410 e. The van der Waals surface area contributed by atoms with Crippen LogP contribution in [0.1, 0.15) is 44.4 Å². The van der Waals surface area contributed by atoms with Gasteiger partial charge in [-0.15, -0.1) is 0 Å². The molecule has 1 aromatic carbocycles. The lowest BCUT2D eigenvalue weighted by Gasteiger charge is -2.25. The number of hydrogen-bond acceptors (Lipinski definition) is 3. The summed E-state index contributed by atoms with van der Waals surface area (Å²) in [5.74, 6) is -0.586. The SMILES string of the molecule is Cc1ccc(F)c(C(O)C2CCN(C(=O)OC(C)(C)C)C2)c1. The molecule has 4 nitrogen and oxygen atoms in total. The number of halogens is 1. The summed E-state index contributed by atoms with van der Waals surface area (Å²) < 4.78 is 19.2. The van der Waals surface area contributed by atoms with Gasteiger partial charge in [0.1, 0.15) is 11.4 Å². The van der Waals surface area contributed by atoms with E-state index in [9.17, 15) is 14.3 Å². The van der Waals surface area contributed by atoms with Crippen molar-refractivity contribution in [2.24, 2.45) is 5.92 Å². The molecule has 122 valence electrons. The van der Waals surface area contributed by atoms with Crippen molar-refractivity contribution in [3.8, 4) is 0 Å². The lowest BCUT2D eigenvalue weighted by molar-refractivity contribution is 0.0267. The van der Waals surface area contributed by atoms with Gasteiger partial charge in [0.05, 0.1) is 6.10 Å². The van der Waals surface area contributed by atoms with Crippen molar-refractivity contribution in [2.75, 3.05) is 13.1 Å². The molecule has 1 heterocycles. The molecule has 0 radical (unpaired) electrons. The Morgan fingerprint density at radius 3 is 2.77 bits per heavy atom. The van der Waals surface area contributed by atoms with E-state index in [1.165, 1.54) is 6.07 Å². The zero-order chi connectivity index (χ0) is 16.5. The maximum atomic E-state index is 13.9. The number of nitrogens with zero attached hydrogens (tertiary/aromatic N) is 1. The highest BCUT2D eigenvalue weighted by Crippen LogP contribution is 2.32. The normalized spacial score (nSPS) is 20.1. The number of aliphatic hydroxyl groups is 1.